The number of halogens is 4. The summed E-state index contributed by atoms with van der Waals surface area (Å²) in [6.07, 6.45) is -2.83. The first-order valence-corrected chi connectivity index (χ1v) is 9.73. The number of H-pyrrole nitrogens is 1. The van der Waals surface area contributed by atoms with Gasteiger partial charge < -0.3 is 4.98 Å². The molecule has 0 unspecified atom stereocenters. The van der Waals surface area contributed by atoms with E-state index in [0.717, 1.165) is 12.1 Å². The lowest BCUT2D eigenvalue weighted by Crippen LogP contribution is -2.16. The Labute approximate surface area is 182 Å². The number of nitrogens with one attached hydrogen (secondary N) is 1. The fraction of sp³-hybridized carbons (Fsp3) is 0.0952. The van der Waals surface area contributed by atoms with Crippen LogP contribution in [0.15, 0.2) is 64.0 Å². The maximum atomic E-state index is 13.1. The van der Waals surface area contributed by atoms with Gasteiger partial charge in [-0.15, -0.1) is 0 Å². The summed E-state index contributed by atoms with van der Waals surface area (Å²) in [6, 6.07) is 13.3. The number of hydrogen-bond donors (Lipinski definition) is 1. The fourth-order valence-corrected chi connectivity index (χ4v) is 3.81. The van der Waals surface area contributed by atoms with Crippen molar-refractivity contribution in [2.75, 3.05) is 0 Å². The molecule has 1 N–H and O–H groups in total. The number of aromatic nitrogens is 4. The molecule has 2 aromatic carbocycles. The Hall–Kier alpha value is -3.58. The van der Waals surface area contributed by atoms with Crippen LogP contribution in [0.25, 0.3) is 22.8 Å². The minimum Gasteiger partial charge on any atom is -0.304 e. The Bertz CT molecular complexity index is 1390. The predicted octanol–water partition coefficient (Wildman–Crippen LogP) is 4.98. The number of nitriles is 1. The summed E-state index contributed by atoms with van der Waals surface area (Å²) in [7, 11) is 0. The largest absolute Gasteiger partial charge is 0.416 e. The van der Waals surface area contributed by atoms with E-state index in [1.54, 1.807) is 42.1 Å². The van der Waals surface area contributed by atoms with E-state index in [1.165, 1.54) is 16.7 Å². The van der Waals surface area contributed by atoms with Gasteiger partial charge in [-0.25, -0.2) is 9.48 Å². The highest BCUT2D eigenvalue weighted by atomic mass is 79.9. The highest BCUT2D eigenvalue weighted by Gasteiger charge is 2.31. The molecule has 2 heterocycles. The first-order valence-electron chi connectivity index (χ1n) is 8.94. The molecule has 0 aliphatic carbocycles. The average Bonchev–Trinajstić information content (AvgIpc) is 3.31. The molecule has 4 aromatic rings. The third-order valence-corrected chi connectivity index (χ3v) is 5.37. The van der Waals surface area contributed by atoms with E-state index in [0.29, 0.717) is 32.8 Å². The molecule has 0 amide bonds. The molecule has 0 saturated heterocycles. The van der Waals surface area contributed by atoms with Gasteiger partial charge in [0.15, 0.2) is 0 Å². The Morgan fingerprint density at radius 2 is 1.94 bits per heavy atom. The van der Waals surface area contributed by atoms with Crippen LogP contribution in [0.5, 0.6) is 0 Å². The topological polar surface area (TPSA) is 79.4 Å². The van der Waals surface area contributed by atoms with Crippen LogP contribution >= 0.6 is 15.9 Å². The van der Waals surface area contributed by atoms with Gasteiger partial charge in [-0.3, -0.25) is 4.57 Å². The zero-order valence-electron chi connectivity index (χ0n) is 15.9. The molecule has 0 saturated carbocycles. The molecule has 0 aliphatic heterocycles. The molecule has 6 nitrogen and oxygen atoms in total. The lowest BCUT2D eigenvalue weighted by molar-refractivity contribution is -0.137. The minimum absolute atomic E-state index is 0.106. The van der Waals surface area contributed by atoms with Crippen molar-refractivity contribution in [1.29, 1.82) is 5.26 Å². The van der Waals surface area contributed by atoms with Gasteiger partial charge in [0, 0.05) is 10.7 Å². The van der Waals surface area contributed by atoms with Crippen LogP contribution in [0.1, 0.15) is 16.8 Å². The van der Waals surface area contributed by atoms with Crippen molar-refractivity contribution >= 4 is 15.9 Å². The molecule has 0 bridgehead atoms. The Kier molecular flexibility index (Phi) is 5.07. The first kappa shape index (κ1) is 20.7. The molecule has 10 heteroatoms. The number of rotatable bonds is 3. The summed E-state index contributed by atoms with van der Waals surface area (Å²) in [5.41, 5.74) is 1.13. The SMILES string of the molecule is Cc1c(-c2ccn(-c3ccc(C#N)cc3Br)n2)[nH]c(=O)n1-c1cccc(C(F)(F)F)c1. The third-order valence-electron chi connectivity index (χ3n) is 4.73. The summed E-state index contributed by atoms with van der Waals surface area (Å²) in [5, 5.41) is 13.5. The lowest BCUT2D eigenvalue weighted by Gasteiger charge is -2.10. The van der Waals surface area contributed by atoms with Gasteiger partial charge in [-0.2, -0.15) is 23.5 Å². The number of aromatic amines is 1. The van der Waals surface area contributed by atoms with E-state index in [-0.39, 0.29) is 5.69 Å². The quantitative estimate of drug-likeness (QED) is 0.442. The molecule has 0 atom stereocenters. The number of nitrogens with zero attached hydrogens (tertiary/aromatic N) is 4. The standard InChI is InChI=1S/C21H13BrF3N5O/c1-12-19(17-7-8-29(28-17)18-6-5-13(11-26)9-16(18)22)27-20(31)30(12)15-4-2-3-14(10-15)21(23,24)25/h2-10H,1H3,(H,27,31). The van der Waals surface area contributed by atoms with E-state index in [4.69, 9.17) is 5.26 Å². The second-order valence-corrected chi connectivity index (χ2v) is 7.55. The van der Waals surface area contributed by atoms with Crippen molar-refractivity contribution in [3.8, 4) is 28.8 Å². The highest BCUT2D eigenvalue weighted by molar-refractivity contribution is 9.10. The molecule has 4 rings (SSSR count). The van der Waals surface area contributed by atoms with Gasteiger partial charge in [0.25, 0.3) is 0 Å². The molecule has 31 heavy (non-hydrogen) atoms. The van der Waals surface area contributed by atoms with E-state index >= 15 is 0 Å². The number of alkyl halides is 3. The van der Waals surface area contributed by atoms with Gasteiger partial charge in [0.1, 0.15) is 5.69 Å². The first-order chi connectivity index (χ1) is 14.7. The molecule has 2 aromatic heterocycles. The Morgan fingerprint density at radius 3 is 2.61 bits per heavy atom. The smallest absolute Gasteiger partial charge is 0.304 e. The highest BCUT2D eigenvalue weighted by Crippen LogP contribution is 2.31. The van der Waals surface area contributed by atoms with Crippen LogP contribution in [0.2, 0.25) is 0 Å². The molecule has 0 aliphatic rings. The van der Waals surface area contributed by atoms with Crippen molar-refractivity contribution in [1.82, 2.24) is 19.3 Å². The van der Waals surface area contributed by atoms with E-state index in [1.807, 2.05) is 0 Å². The van der Waals surface area contributed by atoms with Crippen molar-refractivity contribution in [2.45, 2.75) is 13.1 Å². The van der Waals surface area contributed by atoms with Crippen LogP contribution in [-0.2, 0) is 6.18 Å². The number of imidazole rings is 1. The summed E-state index contributed by atoms with van der Waals surface area (Å²) in [5.74, 6) is 0. The van der Waals surface area contributed by atoms with Crippen LogP contribution < -0.4 is 5.69 Å². The Morgan fingerprint density at radius 1 is 1.16 bits per heavy atom. The third kappa shape index (κ3) is 3.80. The molecular weight excluding hydrogens is 475 g/mol. The summed E-state index contributed by atoms with van der Waals surface area (Å²) in [6.45, 7) is 1.63. The van der Waals surface area contributed by atoms with Crippen molar-refractivity contribution in [3.63, 3.8) is 0 Å². The van der Waals surface area contributed by atoms with Gasteiger partial charge in [-0.05, 0) is 65.3 Å². The van der Waals surface area contributed by atoms with Gasteiger partial charge in [0.05, 0.1) is 40.0 Å². The van der Waals surface area contributed by atoms with E-state index in [9.17, 15) is 18.0 Å². The summed E-state index contributed by atoms with van der Waals surface area (Å²) in [4.78, 5) is 15.2. The zero-order chi connectivity index (χ0) is 22.3. The van der Waals surface area contributed by atoms with Crippen molar-refractivity contribution < 1.29 is 13.2 Å². The normalized spacial score (nSPS) is 11.5. The average molecular weight is 488 g/mol. The van der Waals surface area contributed by atoms with Crippen LogP contribution in [-0.4, -0.2) is 19.3 Å². The van der Waals surface area contributed by atoms with Crippen LogP contribution in [0.3, 0.4) is 0 Å². The minimum atomic E-state index is -4.51. The van der Waals surface area contributed by atoms with Gasteiger partial charge in [0.2, 0.25) is 0 Å². The molecule has 0 spiro atoms. The van der Waals surface area contributed by atoms with E-state index in [2.05, 4.69) is 32.1 Å². The zero-order valence-corrected chi connectivity index (χ0v) is 17.5. The fourth-order valence-electron chi connectivity index (χ4n) is 3.25. The number of benzene rings is 2. The molecule has 156 valence electrons. The van der Waals surface area contributed by atoms with E-state index < -0.39 is 17.4 Å². The summed E-state index contributed by atoms with van der Waals surface area (Å²) >= 11 is 3.41. The van der Waals surface area contributed by atoms with Crippen LogP contribution in [0, 0.1) is 18.3 Å². The second kappa shape index (κ2) is 7.59. The molecular formula is C21H13BrF3N5O. The number of hydrogen-bond acceptors (Lipinski definition) is 3. The maximum absolute atomic E-state index is 13.1. The van der Waals surface area contributed by atoms with Crippen molar-refractivity contribution in [2.24, 2.45) is 0 Å². The predicted molar refractivity (Wildman–Crippen MR) is 111 cm³/mol. The maximum Gasteiger partial charge on any atom is 0.416 e. The van der Waals surface area contributed by atoms with Gasteiger partial charge >= 0.3 is 11.9 Å². The summed E-state index contributed by atoms with van der Waals surface area (Å²) < 4.78 is 42.6. The molecule has 0 fully saturated rings. The second-order valence-electron chi connectivity index (χ2n) is 6.70. The molecule has 0 radical (unpaired) electrons. The lowest BCUT2D eigenvalue weighted by atomic mass is 10.2. The van der Waals surface area contributed by atoms with Crippen molar-refractivity contribution in [3.05, 3.63) is 86.5 Å². The Balaban J connectivity index is 1.76. The van der Waals surface area contributed by atoms with Crippen LogP contribution in [0.4, 0.5) is 13.2 Å². The van der Waals surface area contributed by atoms with Gasteiger partial charge in [-0.1, -0.05) is 6.07 Å². The monoisotopic (exact) mass is 487 g/mol.